The smallest absolute Gasteiger partial charge is 0.101 e. The van der Waals surface area contributed by atoms with Crippen LogP contribution in [0.2, 0.25) is 0 Å². The molecule has 1 heterocycles. The second-order valence-corrected chi connectivity index (χ2v) is 4.40. The maximum Gasteiger partial charge on any atom is 0.101 e. The van der Waals surface area contributed by atoms with E-state index >= 15 is 0 Å². The number of allylic oxidation sites excluding steroid dienone is 2. The molecule has 3 nitrogen and oxygen atoms in total. The predicted molar refractivity (Wildman–Crippen MR) is 60.3 cm³/mol. The van der Waals surface area contributed by atoms with Gasteiger partial charge in [-0.1, -0.05) is 12.2 Å². The van der Waals surface area contributed by atoms with Crippen molar-refractivity contribution in [3.05, 3.63) is 12.2 Å². The van der Waals surface area contributed by atoms with Crippen LogP contribution in [-0.4, -0.2) is 37.1 Å². The van der Waals surface area contributed by atoms with Crippen molar-refractivity contribution < 1.29 is 0 Å². The largest absolute Gasteiger partial charge is 0.314 e. The highest BCUT2D eigenvalue weighted by molar-refractivity contribution is 5.03. The van der Waals surface area contributed by atoms with E-state index in [1.165, 1.54) is 6.42 Å². The highest BCUT2D eigenvalue weighted by atomic mass is 15.2. The molecule has 0 aromatic heterocycles. The van der Waals surface area contributed by atoms with Crippen molar-refractivity contribution in [2.24, 2.45) is 5.92 Å². The molecule has 3 heteroatoms. The second-order valence-electron chi connectivity index (χ2n) is 4.40. The summed E-state index contributed by atoms with van der Waals surface area (Å²) in [5.41, 5.74) is 0. The summed E-state index contributed by atoms with van der Waals surface area (Å²) in [4.78, 5) is 2.35. The molecule has 0 amide bonds. The zero-order chi connectivity index (χ0) is 10.5. The molecule has 2 rings (SSSR count). The summed E-state index contributed by atoms with van der Waals surface area (Å²) in [7, 11) is 0. The van der Waals surface area contributed by atoms with E-state index in [-0.39, 0.29) is 6.04 Å². The molecule has 0 aromatic carbocycles. The number of rotatable bonds is 2. The standard InChI is InChI=1S/C12H19N3/c13-10-12(11-4-2-1-3-5-11)15-8-6-14-7-9-15/h1-2,11-12,14H,3-9H2. The van der Waals surface area contributed by atoms with Crippen LogP contribution in [0.5, 0.6) is 0 Å². The van der Waals surface area contributed by atoms with Crippen LogP contribution >= 0.6 is 0 Å². The van der Waals surface area contributed by atoms with Crippen molar-refractivity contribution >= 4 is 0 Å². The zero-order valence-electron chi connectivity index (χ0n) is 9.15. The number of nitrogens with one attached hydrogen (secondary N) is 1. The number of hydrogen-bond donors (Lipinski definition) is 1. The molecular formula is C12H19N3. The van der Waals surface area contributed by atoms with Gasteiger partial charge in [-0.05, 0) is 25.2 Å². The molecule has 0 spiro atoms. The first-order valence-electron chi connectivity index (χ1n) is 5.91. The Bertz CT molecular complexity index is 261. The van der Waals surface area contributed by atoms with Crippen LogP contribution in [0, 0.1) is 17.2 Å². The minimum Gasteiger partial charge on any atom is -0.314 e. The van der Waals surface area contributed by atoms with E-state index in [0.29, 0.717) is 5.92 Å². The van der Waals surface area contributed by atoms with E-state index in [4.69, 9.17) is 0 Å². The number of nitriles is 1. The minimum absolute atomic E-state index is 0.136. The first kappa shape index (κ1) is 10.7. The molecule has 0 bridgehead atoms. The molecule has 2 unspecified atom stereocenters. The Morgan fingerprint density at radius 3 is 2.73 bits per heavy atom. The third-order valence-electron chi connectivity index (χ3n) is 3.43. The van der Waals surface area contributed by atoms with Gasteiger partial charge in [0, 0.05) is 26.2 Å². The fraction of sp³-hybridized carbons (Fsp3) is 0.750. The van der Waals surface area contributed by atoms with E-state index in [2.05, 4.69) is 28.4 Å². The van der Waals surface area contributed by atoms with Crippen LogP contribution in [0.15, 0.2) is 12.2 Å². The molecule has 1 aliphatic carbocycles. The van der Waals surface area contributed by atoms with E-state index in [9.17, 15) is 5.26 Å². The monoisotopic (exact) mass is 205 g/mol. The maximum absolute atomic E-state index is 9.29. The normalized spacial score (nSPS) is 29.7. The van der Waals surface area contributed by atoms with Gasteiger partial charge in [0.15, 0.2) is 0 Å². The maximum atomic E-state index is 9.29. The summed E-state index contributed by atoms with van der Waals surface area (Å²) in [5, 5.41) is 12.6. The van der Waals surface area contributed by atoms with Gasteiger partial charge in [-0.15, -0.1) is 0 Å². The average Bonchev–Trinajstić information content (AvgIpc) is 2.33. The van der Waals surface area contributed by atoms with Crippen LogP contribution in [0.4, 0.5) is 0 Å². The molecule has 2 atom stereocenters. The van der Waals surface area contributed by atoms with Crippen molar-refractivity contribution in [1.82, 2.24) is 10.2 Å². The summed E-state index contributed by atoms with van der Waals surface area (Å²) in [6.45, 7) is 4.11. The van der Waals surface area contributed by atoms with Crippen LogP contribution < -0.4 is 5.32 Å². The first-order chi connectivity index (χ1) is 7.42. The Kier molecular flexibility index (Phi) is 3.76. The number of hydrogen-bond acceptors (Lipinski definition) is 3. The zero-order valence-corrected chi connectivity index (χ0v) is 9.15. The van der Waals surface area contributed by atoms with Crippen LogP contribution in [0.3, 0.4) is 0 Å². The van der Waals surface area contributed by atoms with Crippen molar-refractivity contribution in [3.8, 4) is 6.07 Å². The van der Waals surface area contributed by atoms with Crippen molar-refractivity contribution in [3.63, 3.8) is 0 Å². The van der Waals surface area contributed by atoms with Crippen molar-refractivity contribution in [1.29, 1.82) is 5.26 Å². The Morgan fingerprint density at radius 1 is 1.33 bits per heavy atom. The molecular weight excluding hydrogens is 186 g/mol. The molecule has 1 aliphatic heterocycles. The minimum atomic E-state index is 0.136. The van der Waals surface area contributed by atoms with Crippen LogP contribution in [-0.2, 0) is 0 Å². The summed E-state index contributed by atoms with van der Waals surface area (Å²) < 4.78 is 0. The van der Waals surface area contributed by atoms with Crippen molar-refractivity contribution in [2.45, 2.75) is 25.3 Å². The van der Waals surface area contributed by atoms with Crippen LogP contribution in [0.1, 0.15) is 19.3 Å². The predicted octanol–water partition coefficient (Wildman–Crippen LogP) is 1.14. The quantitative estimate of drug-likeness (QED) is 0.687. The third kappa shape index (κ3) is 2.58. The summed E-state index contributed by atoms with van der Waals surface area (Å²) in [6, 6.07) is 2.64. The molecule has 0 saturated carbocycles. The molecule has 82 valence electrons. The lowest BCUT2D eigenvalue weighted by Crippen LogP contribution is -2.50. The lowest BCUT2D eigenvalue weighted by Gasteiger charge is -2.35. The first-order valence-corrected chi connectivity index (χ1v) is 5.91. The van der Waals surface area contributed by atoms with E-state index < -0.39 is 0 Å². The molecule has 1 fully saturated rings. The summed E-state index contributed by atoms with van der Waals surface area (Å²) >= 11 is 0. The fourth-order valence-electron chi connectivity index (χ4n) is 2.55. The van der Waals surface area contributed by atoms with Gasteiger partial charge >= 0.3 is 0 Å². The van der Waals surface area contributed by atoms with Gasteiger partial charge in [0.1, 0.15) is 6.04 Å². The Balaban J connectivity index is 1.96. The van der Waals surface area contributed by atoms with Crippen LogP contribution in [0.25, 0.3) is 0 Å². The van der Waals surface area contributed by atoms with Gasteiger partial charge in [-0.2, -0.15) is 5.26 Å². The van der Waals surface area contributed by atoms with E-state index in [0.717, 1.165) is 39.0 Å². The lowest BCUT2D eigenvalue weighted by atomic mass is 9.87. The number of nitrogens with zero attached hydrogens (tertiary/aromatic N) is 2. The van der Waals surface area contributed by atoms with Gasteiger partial charge in [0.25, 0.3) is 0 Å². The summed E-state index contributed by atoms with van der Waals surface area (Å²) in [6.07, 6.45) is 7.89. The summed E-state index contributed by atoms with van der Waals surface area (Å²) in [5.74, 6) is 0.554. The highest BCUT2D eigenvalue weighted by Gasteiger charge is 2.28. The highest BCUT2D eigenvalue weighted by Crippen LogP contribution is 2.24. The number of piperazine rings is 1. The van der Waals surface area contributed by atoms with Gasteiger partial charge in [-0.3, -0.25) is 4.90 Å². The Morgan fingerprint density at radius 2 is 2.13 bits per heavy atom. The van der Waals surface area contributed by atoms with Crippen molar-refractivity contribution in [2.75, 3.05) is 26.2 Å². The molecule has 0 radical (unpaired) electrons. The van der Waals surface area contributed by atoms with E-state index in [1.54, 1.807) is 0 Å². The van der Waals surface area contributed by atoms with Gasteiger partial charge in [0.05, 0.1) is 6.07 Å². The fourth-order valence-corrected chi connectivity index (χ4v) is 2.55. The SMILES string of the molecule is N#CC(C1CC=CCC1)N1CCNCC1. The Labute approximate surface area is 91.8 Å². The van der Waals surface area contributed by atoms with Gasteiger partial charge < -0.3 is 5.32 Å². The second kappa shape index (κ2) is 5.29. The molecule has 1 N–H and O–H groups in total. The van der Waals surface area contributed by atoms with Gasteiger partial charge in [0.2, 0.25) is 0 Å². The molecule has 2 aliphatic rings. The Hall–Kier alpha value is -0.850. The van der Waals surface area contributed by atoms with Gasteiger partial charge in [-0.25, -0.2) is 0 Å². The van der Waals surface area contributed by atoms with E-state index in [1.807, 2.05) is 0 Å². The molecule has 1 saturated heterocycles. The average molecular weight is 205 g/mol. The lowest BCUT2D eigenvalue weighted by molar-refractivity contribution is 0.155. The molecule has 15 heavy (non-hydrogen) atoms. The topological polar surface area (TPSA) is 39.1 Å². The molecule has 0 aromatic rings. The third-order valence-corrected chi connectivity index (χ3v) is 3.43.